The Morgan fingerprint density at radius 1 is 1.26 bits per heavy atom. The summed E-state index contributed by atoms with van der Waals surface area (Å²) in [5, 5.41) is 3.37. The lowest BCUT2D eigenvalue weighted by Gasteiger charge is -2.29. The Bertz CT molecular complexity index is 370. The van der Waals surface area contributed by atoms with Gasteiger partial charge in [0.1, 0.15) is 5.82 Å². The summed E-state index contributed by atoms with van der Waals surface area (Å²) in [6, 6.07) is 5.01. The van der Waals surface area contributed by atoms with Gasteiger partial charge in [-0.05, 0) is 25.3 Å². The van der Waals surface area contributed by atoms with Gasteiger partial charge in [-0.3, -0.25) is 0 Å². The highest BCUT2D eigenvalue weighted by molar-refractivity contribution is 5.54. The summed E-state index contributed by atoms with van der Waals surface area (Å²) in [7, 11) is 2.23. The first-order valence-electron chi connectivity index (χ1n) is 7.74. The molecule has 1 aromatic rings. The molecule has 3 heteroatoms. The summed E-state index contributed by atoms with van der Waals surface area (Å²) in [5.74, 6) is 1.000. The lowest BCUT2D eigenvalue weighted by atomic mass is 10.1. The number of aromatic nitrogens is 1. The first-order chi connectivity index (χ1) is 9.31. The van der Waals surface area contributed by atoms with Crippen molar-refractivity contribution in [2.75, 3.05) is 23.8 Å². The molecule has 1 aliphatic carbocycles. The summed E-state index contributed by atoms with van der Waals surface area (Å²) in [5.41, 5.74) is 1.29. The minimum Gasteiger partial charge on any atom is -0.371 e. The molecule has 0 radical (unpaired) electrons. The zero-order valence-corrected chi connectivity index (χ0v) is 12.4. The van der Waals surface area contributed by atoms with Crippen LogP contribution in [0.3, 0.4) is 0 Å². The van der Waals surface area contributed by atoms with Crippen molar-refractivity contribution in [3.05, 3.63) is 18.3 Å². The molecule has 1 fully saturated rings. The summed E-state index contributed by atoms with van der Waals surface area (Å²) < 4.78 is 0. The van der Waals surface area contributed by atoms with Crippen molar-refractivity contribution in [3.63, 3.8) is 0 Å². The van der Waals surface area contributed by atoms with E-state index in [0.29, 0.717) is 6.04 Å². The van der Waals surface area contributed by atoms with E-state index in [1.54, 1.807) is 0 Å². The molecule has 2 rings (SSSR count). The van der Waals surface area contributed by atoms with Crippen molar-refractivity contribution in [1.29, 1.82) is 0 Å². The highest BCUT2D eigenvalue weighted by Crippen LogP contribution is 2.26. The van der Waals surface area contributed by atoms with Crippen LogP contribution < -0.4 is 10.2 Å². The Morgan fingerprint density at radius 2 is 2.00 bits per heavy atom. The van der Waals surface area contributed by atoms with Gasteiger partial charge in [0.25, 0.3) is 0 Å². The lowest BCUT2D eigenvalue weighted by molar-refractivity contribution is 0.553. The Kier molecular flexibility index (Phi) is 5.49. The van der Waals surface area contributed by atoms with E-state index in [9.17, 15) is 0 Å². The molecule has 0 bridgehead atoms. The molecule has 1 heterocycles. The van der Waals surface area contributed by atoms with Gasteiger partial charge in [0, 0.05) is 37.6 Å². The van der Waals surface area contributed by atoms with Crippen molar-refractivity contribution in [2.45, 2.75) is 57.9 Å². The molecule has 1 aromatic heterocycles. The predicted molar refractivity (Wildman–Crippen MR) is 82.9 cm³/mol. The average molecular weight is 261 g/mol. The fraction of sp³-hybridized carbons (Fsp3) is 0.688. The first-order valence-corrected chi connectivity index (χ1v) is 7.74. The van der Waals surface area contributed by atoms with Crippen LogP contribution in [0.4, 0.5) is 11.5 Å². The second-order valence-electron chi connectivity index (χ2n) is 5.58. The van der Waals surface area contributed by atoms with Crippen LogP contribution in [0.1, 0.15) is 51.9 Å². The van der Waals surface area contributed by atoms with Crippen LogP contribution >= 0.6 is 0 Å². The van der Waals surface area contributed by atoms with Crippen LogP contribution in [0.2, 0.25) is 0 Å². The standard InChI is InChI=1S/C16H27N3/c1-3-11-17-16-13-15(10-12-18-16)19(2)14-8-6-4-5-7-9-14/h10,12-14H,3-9,11H2,1-2H3,(H,17,18). The molecule has 3 nitrogen and oxygen atoms in total. The first kappa shape index (κ1) is 14.2. The highest BCUT2D eigenvalue weighted by Gasteiger charge is 2.17. The van der Waals surface area contributed by atoms with Crippen LogP contribution in [0, 0.1) is 0 Å². The summed E-state index contributed by atoms with van der Waals surface area (Å²) in [6.07, 6.45) is 11.3. The monoisotopic (exact) mass is 261 g/mol. The Morgan fingerprint density at radius 3 is 2.68 bits per heavy atom. The Hall–Kier alpha value is -1.25. The summed E-state index contributed by atoms with van der Waals surface area (Å²) in [4.78, 5) is 6.83. The van der Waals surface area contributed by atoms with Crippen LogP contribution in [-0.4, -0.2) is 24.6 Å². The fourth-order valence-electron chi connectivity index (χ4n) is 2.84. The highest BCUT2D eigenvalue weighted by atomic mass is 15.1. The van der Waals surface area contributed by atoms with Crippen molar-refractivity contribution in [3.8, 4) is 0 Å². The largest absolute Gasteiger partial charge is 0.371 e. The molecule has 1 N–H and O–H groups in total. The quantitative estimate of drug-likeness (QED) is 0.810. The van der Waals surface area contributed by atoms with Crippen LogP contribution in [0.5, 0.6) is 0 Å². The summed E-state index contributed by atoms with van der Waals surface area (Å²) in [6.45, 7) is 3.16. The molecule has 1 saturated carbocycles. The SMILES string of the molecule is CCCNc1cc(N(C)C2CCCCCC2)ccn1. The van der Waals surface area contributed by atoms with Crippen molar-refractivity contribution < 1.29 is 0 Å². The Balaban J connectivity index is 2.02. The maximum absolute atomic E-state index is 4.39. The van der Waals surface area contributed by atoms with Crippen molar-refractivity contribution in [1.82, 2.24) is 4.98 Å². The van der Waals surface area contributed by atoms with Crippen LogP contribution in [0.25, 0.3) is 0 Å². The van der Waals surface area contributed by atoms with E-state index in [1.165, 1.54) is 44.2 Å². The smallest absolute Gasteiger partial charge is 0.127 e. The molecule has 19 heavy (non-hydrogen) atoms. The van der Waals surface area contributed by atoms with Crippen molar-refractivity contribution >= 4 is 11.5 Å². The van der Waals surface area contributed by atoms with E-state index >= 15 is 0 Å². The van der Waals surface area contributed by atoms with E-state index < -0.39 is 0 Å². The van der Waals surface area contributed by atoms with Gasteiger partial charge in [-0.15, -0.1) is 0 Å². The normalized spacial score (nSPS) is 16.9. The van der Waals surface area contributed by atoms with Gasteiger partial charge in [0.05, 0.1) is 0 Å². The maximum Gasteiger partial charge on any atom is 0.127 e. The fourth-order valence-corrected chi connectivity index (χ4v) is 2.84. The number of anilines is 2. The molecule has 1 aliphatic rings. The number of hydrogen-bond donors (Lipinski definition) is 1. The number of nitrogens with one attached hydrogen (secondary N) is 1. The molecule has 0 aromatic carbocycles. The van der Waals surface area contributed by atoms with Gasteiger partial charge in [0.15, 0.2) is 0 Å². The zero-order chi connectivity index (χ0) is 13.5. The van der Waals surface area contributed by atoms with Gasteiger partial charge in [-0.25, -0.2) is 4.98 Å². The molecule has 0 atom stereocenters. The minimum atomic E-state index is 0.698. The second kappa shape index (κ2) is 7.37. The van der Waals surface area contributed by atoms with Gasteiger partial charge >= 0.3 is 0 Å². The number of hydrogen-bond acceptors (Lipinski definition) is 3. The minimum absolute atomic E-state index is 0.698. The maximum atomic E-state index is 4.39. The third-order valence-corrected chi connectivity index (χ3v) is 4.08. The van der Waals surface area contributed by atoms with Gasteiger partial charge in [0.2, 0.25) is 0 Å². The molecule has 0 aliphatic heterocycles. The summed E-state index contributed by atoms with van der Waals surface area (Å²) >= 11 is 0. The molecular formula is C16H27N3. The molecular weight excluding hydrogens is 234 g/mol. The molecule has 0 unspecified atom stereocenters. The number of pyridine rings is 1. The number of rotatable bonds is 5. The predicted octanol–water partition coefficient (Wildman–Crippen LogP) is 4.06. The third-order valence-electron chi connectivity index (χ3n) is 4.08. The van der Waals surface area contributed by atoms with E-state index in [2.05, 4.69) is 41.3 Å². The van der Waals surface area contributed by atoms with Gasteiger partial charge < -0.3 is 10.2 Å². The zero-order valence-electron chi connectivity index (χ0n) is 12.4. The van der Waals surface area contributed by atoms with Crippen LogP contribution in [-0.2, 0) is 0 Å². The van der Waals surface area contributed by atoms with E-state index in [4.69, 9.17) is 0 Å². The molecule has 0 amide bonds. The van der Waals surface area contributed by atoms with Crippen LogP contribution in [0.15, 0.2) is 18.3 Å². The van der Waals surface area contributed by atoms with E-state index in [-0.39, 0.29) is 0 Å². The van der Waals surface area contributed by atoms with Gasteiger partial charge in [-0.1, -0.05) is 32.6 Å². The number of nitrogens with zero attached hydrogens (tertiary/aromatic N) is 2. The topological polar surface area (TPSA) is 28.2 Å². The lowest BCUT2D eigenvalue weighted by Crippen LogP contribution is -2.31. The average Bonchev–Trinajstić information content (AvgIpc) is 2.73. The molecule has 106 valence electrons. The Labute approximate surface area is 117 Å². The third kappa shape index (κ3) is 4.12. The van der Waals surface area contributed by atoms with E-state index in [1.807, 2.05) is 6.20 Å². The molecule has 0 saturated heterocycles. The van der Waals surface area contributed by atoms with Crippen molar-refractivity contribution in [2.24, 2.45) is 0 Å². The second-order valence-corrected chi connectivity index (χ2v) is 5.58. The molecule has 0 spiro atoms. The van der Waals surface area contributed by atoms with Gasteiger partial charge in [-0.2, -0.15) is 0 Å². The van der Waals surface area contributed by atoms with E-state index in [0.717, 1.165) is 18.8 Å².